The molecule has 0 spiro atoms. The number of rotatable bonds is 5. The molecular formula is C16H27N5O2S2. The van der Waals surface area contributed by atoms with Gasteiger partial charge in [0, 0.05) is 45.8 Å². The minimum absolute atomic E-state index is 0.279. The van der Waals surface area contributed by atoms with Crippen LogP contribution in [0.5, 0.6) is 0 Å². The Kier molecular flexibility index (Phi) is 6.19. The molecule has 140 valence electrons. The molecule has 0 atom stereocenters. The molecule has 0 aliphatic carbocycles. The second kappa shape index (κ2) is 8.37. The molecule has 7 nitrogen and oxygen atoms in total. The molecule has 2 aliphatic rings. The Morgan fingerprint density at radius 1 is 1.28 bits per heavy atom. The standard InChI is InChI=1S/C16H27N5O2S2/c1-2-17-16(18-6-8-21-7-4-14-25(21,22)23)20-11-9-19(10-12-20)15-5-3-13-24-15/h3,5,13H,2,4,6-12,14H2,1H3,(H,17,18). The lowest BCUT2D eigenvalue weighted by Crippen LogP contribution is -2.52. The van der Waals surface area contributed by atoms with Crippen LogP contribution in [0.3, 0.4) is 0 Å². The summed E-state index contributed by atoms with van der Waals surface area (Å²) in [7, 11) is -3.03. The fourth-order valence-electron chi connectivity index (χ4n) is 3.22. The molecule has 0 unspecified atom stereocenters. The summed E-state index contributed by atoms with van der Waals surface area (Å²) >= 11 is 1.78. The fraction of sp³-hybridized carbons (Fsp3) is 0.688. The van der Waals surface area contributed by atoms with Gasteiger partial charge in [-0.1, -0.05) is 0 Å². The van der Waals surface area contributed by atoms with E-state index in [0.717, 1.165) is 45.1 Å². The van der Waals surface area contributed by atoms with Crippen LogP contribution >= 0.6 is 11.3 Å². The minimum Gasteiger partial charge on any atom is -0.360 e. The van der Waals surface area contributed by atoms with Gasteiger partial charge in [-0.25, -0.2) is 12.7 Å². The van der Waals surface area contributed by atoms with Crippen LogP contribution in [0.15, 0.2) is 22.5 Å². The summed E-state index contributed by atoms with van der Waals surface area (Å²) in [4.78, 5) is 9.34. The molecule has 1 aromatic rings. The van der Waals surface area contributed by atoms with Crippen molar-refractivity contribution in [3.8, 4) is 0 Å². The van der Waals surface area contributed by atoms with Gasteiger partial charge in [-0.15, -0.1) is 11.3 Å². The van der Waals surface area contributed by atoms with Gasteiger partial charge in [-0.2, -0.15) is 0 Å². The molecular weight excluding hydrogens is 358 g/mol. The number of anilines is 1. The van der Waals surface area contributed by atoms with Crippen molar-refractivity contribution in [1.82, 2.24) is 14.5 Å². The summed E-state index contributed by atoms with van der Waals surface area (Å²) in [6.07, 6.45) is 0.733. The first-order valence-corrected chi connectivity index (χ1v) is 11.4. The van der Waals surface area contributed by atoms with Crippen molar-refractivity contribution >= 4 is 32.3 Å². The molecule has 2 fully saturated rings. The number of aliphatic imine (C=N–C) groups is 1. The molecule has 2 saturated heterocycles. The highest BCUT2D eigenvalue weighted by Crippen LogP contribution is 2.22. The van der Waals surface area contributed by atoms with Crippen LogP contribution in [-0.4, -0.2) is 81.7 Å². The van der Waals surface area contributed by atoms with Gasteiger partial charge in [0.05, 0.1) is 17.3 Å². The maximum atomic E-state index is 11.9. The number of hydrogen-bond donors (Lipinski definition) is 1. The molecule has 0 bridgehead atoms. The van der Waals surface area contributed by atoms with Crippen LogP contribution in [0.2, 0.25) is 0 Å². The third kappa shape index (κ3) is 4.65. The van der Waals surface area contributed by atoms with Gasteiger partial charge in [0.2, 0.25) is 10.0 Å². The lowest BCUT2D eigenvalue weighted by atomic mass is 10.3. The van der Waals surface area contributed by atoms with E-state index in [9.17, 15) is 8.42 Å². The summed E-state index contributed by atoms with van der Waals surface area (Å²) in [5, 5.41) is 6.77. The largest absolute Gasteiger partial charge is 0.360 e. The number of hydrogen-bond acceptors (Lipinski definition) is 5. The zero-order valence-electron chi connectivity index (χ0n) is 14.7. The molecule has 0 amide bonds. The van der Waals surface area contributed by atoms with Crippen molar-refractivity contribution in [3.63, 3.8) is 0 Å². The quantitative estimate of drug-likeness (QED) is 0.602. The molecule has 25 heavy (non-hydrogen) atoms. The van der Waals surface area contributed by atoms with Crippen LogP contribution in [0.25, 0.3) is 0 Å². The highest BCUT2D eigenvalue weighted by molar-refractivity contribution is 7.89. The van der Waals surface area contributed by atoms with Crippen LogP contribution in [0.1, 0.15) is 13.3 Å². The van der Waals surface area contributed by atoms with E-state index in [0.29, 0.717) is 19.6 Å². The number of nitrogens with one attached hydrogen (secondary N) is 1. The number of thiophene rings is 1. The average Bonchev–Trinajstić information content (AvgIpc) is 3.24. The van der Waals surface area contributed by atoms with Crippen molar-refractivity contribution in [2.24, 2.45) is 4.99 Å². The SMILES string of the molecule is CCNC(=NCCN1CCCS1(=O)=O)N1CCN(c2cccs2)CC1. The van der Waals surface area contributed by atoms with E-state index >= 15 is 0 Å². The predicted octanol–water partition coefficient (Wildman–Crippen LogP) is 0.871. The number of piperazine rings is 1. The van der Waals surface area contributed by atoms with E-state index < -0.39 is 10.0 Å². The second-order valence-electron chi connectivity index (χ2n) is 6.23. The van der Waals surface area contributed by atoms with E-state index in [1.54, 1.807) is 15.6 Å². The Morgan fingerprint density at radius 3 is 2.68 bits per heavy atom. The smallest absolute Gasteiger partial charge is 0.214 e. The Balaban J connectivity index is 1.54. The lowest BCUT2D eigenvalue weighted by molar-refractivity contribution is 0.372. The summed E-state index contributed by atoms with van der Waals surface area (Å²) in [5.74, 6) is 1.17. The van der Waals surface area contributed by atoms with Crippen molar-refractivity contribution in [1.29, 1.82) is 0 Å². The van der Waals surface area contributed by atoms with E-state index in [4.69, 9.17) is 0 Å². The molecule has 2 aliphatic heterocycles. The number of nitrogens with zero attached hydrogens (tertiary/aromatic N) is 4. The van der Waals surface area contributed by atoms with Gasteiger partial charge >= 0.3 is 0 Å². The van der Waals surface area contributed by atoms with Crippen LogP contribution in [0, 0.1) is 0 Å². The molecule has 3 rings (SSSR count). The van der Waals surface area contributed by atoms with Crippen LogP contribution < -0.4 is 10.2 Å². The average molecular weight is 386 g/mol. The molecule has 1 aromatic heterocycles. The summed E-state index contributed by atoms with van der Waals surface area (Å²) < 4.78 is 25.3. The van der Waals surface area contributed by atoms with Crippen molar-refractivity contribution in [2.75, 3.05) is 63.0 Å². The molecule has 0 aromatic carbocycles. The fourth-order valence-corrected chi connectivity index (χ4v) is 5.53. The minimum atomic E-state index is -3.03. The van der Waals surface area contributed by atoms with Crippen molar-refractivity contribution in [2.45, 2.75) is 13.3 Å². The monoisotopic (exact) mass is 385 g/mol. The third-order valence-electron chi connectivity index (χ3n) is 4.55. The van der Waals surface area contributed by atoms with E-state index in [1.165, 1.54) is 5.00 Å². The highest BCUT2D eigenvalue weighted by atomic mass is 32.2. The van der Waals surface area contributed by atoms with Gasteiger partial charge in [0.15, 0.2) is 5.96 Å². The highest BCUT2D eigenvalue weighted by Gasteiger charge is 2.27. The van der Waals surface area contributed by atoms with Gasteiger partial charge < -0.3 is 15.1 Å². The molecule has 3 heterocycles. The zero-order chi connectivity index (χ0) is 17.7. The van der Waals surface area contributed by atoms with E-state index in [2.05, 4.69) is 44.5 Å². The summed E-state index contributed by atoms with van der Waals surface area (Å²) in [6, 6.07) is 4.25. The Hall–Kier alpha value is -1.32. The van der Waals surface area contributed by atoms with E-state index in [-0.39, 0.29) is 5.75 Å². The van der Waals surface area contributed by atoms with Gasteiger partial charge in [0.1, 0.15) is 0 Å². The van der Waals surface area contributed by atoms with Crippen LogP contribution in [-0.2, 0) is 10.0 Å². The van der Waals surface area contributed by atoms with Gasteiger partial charge in [-0.3, -0.25) is 4.99 Å². The topological polar surface area (TPSA) is 68.2 Å². The predicted molar refractivity (Wildman–Crippen MR) is 104 cm³/mol. The summed E-state index contributed by atoms with van der Waals surface area (Å²) in [6.45, 7) is 8.29. The first-order chi connectivity index (χ1) is 12.1. The number of sulfonamides is 1. The lowest BCUT2D eigenvalue weighted by Gasteiger charge is -2.37. The molecule has 0 radical (unpaired) electrons. The second-order valence-corrected chi connectivity index (χ2v) is 9.24. The number of guanidine groups is 1. The first kappa shape index (κ1) is 18.5. The molecule has 1 N–H and O–H groups in total. The van der Waals surface area contributed by atoms with Crippen molar-refractivity contribution in [3.05, 3.63) is 17.5 Å². The molecule has 0 saturated carbocycles. The van der Waals surface area contributed by atoms with Gasteiger partial charge in [-0.05, 0) is 30.9 Å². The maximum absolute atomic E-state index is 11.9. The zero-order valence-corrected chi connectivity index (χ0v) is 16.4. The third-order valence-corrected chi connectivity index (χ3v) is 7.43. The maximum Gasteiger partial charge on any atom is 0.214 e. The Labute approximate surface area is 154 Å². The first-order valence-electron chi connectivity index (χ1n) is 8.89. The summed E-state index contributed by atoms with van der Waals surface area (Å²) in [5.41, 5.74) is 0. The Morgan fingerprint density at radius 2 is 2.08 bits per heavy atom. The normalized spacial score (nSPS) is 21.7. The van der Waals surface area contributed by atoms with Crippen LogP contribution in [0.4, 0.5) is 5.00 Å². The van der Waals surface area contributed by atoms with E-state index in [1.807, 2.05) is 0 Å². The Bertz CT molecular complexity index is 667. The molecule has 9 heteroatoms. The van der Waals surface area contributed by atoms with Crippen molar-refractivity contribution < 1.29 is 8.42 Å². The van der Waals surface area contributed by atoms with Gasteiger partial charge in [0.25, 0.3) is 0 Å².